The maximum absolute atomic E-state index is 11.9. The number of pyridine rings is 1. The fourth-order valence-corrected chi connectivity index (χ4v) is 2.47. The van der Waals surface area contributed by atoms with Gasteiger partial charge in [0.2, 0.25) is 17.6 Å². The molecule has 0 aliphatic carbocycles. The molecule has 0 saturated heterocycles. The van der Waals surface area contributed by atoms with Gasteiger partial charge in [0.05, 0.1) is 0 Å². The van der Waals surface area contributed by atoms with E-state index in [4.69, 9.17) is 4.52 Å². The standard InChI is InChI=1S/C15H14N4O2S/c1-10-2-3-12(16-8-10)17-13(20)4-5-14-18-15(19-21-14)11-6-7-22-9-11/h2-3,6-9H,4-5H2,1H3,(H,16,17,20). The molecule has 3 rings (SSSR count). The Labute approximate surface area is 131 Å². The van der Waals surface area contributed by atoms with Crippen molar-refractivity contribution in [2.75, 3.05) is 5.32 Å². The molecule has 0 bridgehead atoms. The van der Waals surface area contributed by atoms with Gasteiger partial charge in [0.1, 0.15) is 5.82 Å². The number of hydrogen-bond acceptors (Lipinski definition) is 6. The molecule has 0 unspecified atom stereocenters. The molecule has 0 saturated carbocycles. The van der Waals surface area contributed by atoms with E-state index in [2.05, 4.69) is 20.4 Å². The molecule has 0 fully saturated rings. The lowest BCUT2D eigenvalue weighted by Crippen LogP contribution is -2.13. The summed E-state index contributed by atoms with van der Waals surface area (Å²) in [5, 5.41) is 10.5. The molecular formula is C15H14N4O2S. The number of amides is 1. The average molecular weight is 314 g/mol. The Balaban J connectivity index is 1.54. The van der Waals surface area contributed by atoms with E-state index in [-0.39, 0.29) is 12.3 Å². The lowest BCUT2D eigenvalue weighted by Gasteiger charge is -2.03. The number of thiophene rings is 1. The number of nitrogens with one attached hydrogen (secondary N) is 1. The predicted octanol–water partition coefficient (Wildman–Crippen LogP) is 3.07. The lowest BCUT2D eigenvalue weighted by molar-refractivity contribution is -0.116. The van der Waals surface area contributed by atoms with E-state index in [9.17, 15) is 4.79 Å². The molecule has 3 aromatic rings. The SMILES string of the molecule is Cc1ccc(NC(=O)CCc2nc(-c3ccsc3)no2)nc1. The second-order valence-corrected chi connectivity index (χ2v) is 5.57. The lowest BCUT2D eigenvalue weighted by atomic mass is 10.3. The smallest absolute Gasteiger partial charge is 0.227 e. The first-order valence-corrected chi connectivity index (χ1v) is 7.72. The summed E-state index contributed by atoms with van der Waals surface area (Å²) in [6.45, 7) is 1.94. The molecule has 1 N–H and O–H groups in total. The highest BCUT2D eigenvalue weighted by Gasteiger charge is 2.11. The zero-order valence-corrected chi connectivity index (χ0v) is 12.8. The van der Waals surface area contributed by atoms with E-state index in [1.807, 2.05) is 29.8 Å². The van der Waals surface area contributed by atoms with Gasteiger partial charge in [-0.1, -0.05) is 11.2 Å². The first-order chi connectivity index (χ1) is 10.7. The molecule has 3 aromatic heterocycles. The van der Waals surface area contributed by atoms with Crippen LogP contribution in [0.15, 0.2) is 39.7 Å². The Kier molecular flexibility index (Phi) is 4.24. The van der Waals surface area contributed by atoms with Crippen LogP contribution in [0.5, 0.6) is 0 Å². The minimum absolute atomic E-state index is 0.133. The fraction of sp³-hybridized carbons (Fsp3) is 0.200. The number of aryl methyl sites for hydroxylation is 2. The van der Waals surface area contributed by atoms with Crippen LogP contribution >= 0.6 is 11.3 Å². The number of rotatable bonds is 5. The highest BCUT2D eigenvalue weighted by molar-refractivity contribution is 7.08. The first-order valence-electron chi connectivity index (χ1n) is 6.78. The second kappa shape index (κ2) is 6.48. The van der Waals surface area contributed by atoms with E-state index >= 15 is 0 Å². The highest BCUT2D eigenvalue weighted by atomic mass is 32.1. The van der Waals surface area contributed by atoms with Crippen molar-refractivity contribution in [3.05, 3.63) is 46.6 Å². The van der Waals surface area contributed by atoms with Gasteiger partial charge in [-0.2, -0.15) is 16.3 Å². The quantitative estimate of drug-likeness (QED) is 0.782. The summed E-state index contributed by atoms with van der Waals surface area (Å²) in [5.74, 6) is 1.41. The topological polar surface area (TPSA) is 80.9 Å². The molecule has 6 nitrogen and oxygen atoms in total. The Morgan fingerprint density at radius 3 is 3.00 bits per heavy atom. The van der Waals surface area contributed by atoms with Gasteiger partial charge in [-0.25, -0.2) is 4.98 Å². The molecule has 3 heterocycles. The molecule has 112 valence electrons. The molecule has 0 aromatic carbocycles. The van der Waals surface area contributed by atoms with Crippen molar-refractivity contribution >= 4 is 23.1 Å². The van der Waals surface area contributed by atoms with Gasteiger partial charge in [-0.3, -0.25) is 4.79 Å². The van der Waals surface area contributed by atoms with E-state index in [0.717, 1.165) is 11.1 Å². The molecular weight excluding hydrogens is 300 g/mol. The van der Waals surface area contributed by atoms with Gasteiger partial charge in [-0.05, 0) is 30.0 Å². The third kappa shape index (κ3) is 3.56. The van der Waals surface area contributed by atoms with Gasteiger partial charge in [0, 0.05) is 30.0 Å². The average Bonchev–Trinajstić information content (AvgIpc) is 3.18. The minimum Gasteiger partial charge on any atom is -0.339 e. The van der Waals surface area contributed by atoms with Gasteiger partial charge in [-0.15, -0.1) is 0 Å². The summed E-state index contributed by atoms with van der Waals surface area (Å²) in [6.07, 6.45) is 2.37. The normalized spacial score (nSPS) is 10.6. The highest BCUT2D eigenvalue weighted by Crippen LogP contribution is 2.19. The molecule has 0 aliphatic heterocycles. The molecule has 22 heavy (non-hydrogen) atoms. The third-order valence-electron chi connectivity index (χ3n) is 2.99. The number of nitrogens with zero attached hydrogens (tertiary/aromatic N) is 3. The summed E-state index contributed by atoms with van der Waals surface area (Å²) in [7, 11) is 0. The van der Waals surface area contributed by atoms with E-state index in [1.165, 1.54) is 0 Å². The zero-order chi connectivity index (χ0) is 15.4. The maximum atomic E-state index is 11.9. The van der Waals surface area contributed by atoms with Crippen LogP contribution in [0.1, 0.15) is 17.9 Å². The minimum atomic E-state index is -0.133. The van der Waals surface area contributed by atoms with Crippen LogP contribution in [0.2, 0.25) is 0 Å². The molecule has 1 amide bonds. The van der Waals surface area contributed by atoms with E-state index in [1.54, 1.807) is 23.6 Å². The van der Waals surface area contributed by atoms with Crippen molar-refractivity contribution in [2.24, 2.45) is 0 Å². The molecule has 0 atom stereocenters. The van der Waals surface area contributed by atoms with Crippen LogP contribution in [-0.4, -0.2) is 21.0 Å². The fourth-order valence-electron chi connectivity index (χ4n) is 1.83. The Morgan fingerprint density at radius 2 is 2.27 bits per heavy atom. The van der Waals surface area contributed by atoms with Crippen molar-refractivity contribution in [2.45, 2.75) is 19.8 Å². The van der Waals surface area contributed by atoms with E-state index < -0.39 is 0 Å². The van der Waals surface area contributed by atoms with Gasteiger partial charge < -0.3 is 9.84 Å². The van der Waals surface area contributed by atoms with Crippen molar-refractivity contribution in [1.29, 1.82) is 0 Å². The van der Waals surface area contributed by atoms with Gasteiger partial charge in [0.15, 0.2) is 0 Å². The van der Waals surface area contributed by atoms with Crippen molar-refractivity contribution in [1.82, 2.24) is 15.1 Å². The number of carbonyl (C=O) groups excluding carboxylic acids is 1. The van der Waals surface area contributed by atoms with Gasteiger partial charge >= 0.3 is 0 Å². The van der Waals surface area contributed by atoms with Crippen LogP contribution in [0.3, 0.4) is 0 Å². The van der Waals surface area contributed by atoms with Crippen molar-refractivity contribution in [3.63, 3.8) is 0 Å². The van der Waals surface area contributed by atoms with Crippen molar-refractivity contribution in [3.8, 4) is 11.4 Å². The third-order valence-corrected chi connectivity index (χ3v) is 3.68. The summed E-state index contributed by atoms with van der Waals surface area (Å²) in [4.78, 5) is 20.3. The second-order valence-electron chi connectivity index (χ2n) is 4.79. The molecule has 0 spiro atoms. The maximum Gasteiger partial charge on any atom is 0.227 e. The van der Waals surface area contributed by atoms with Crippen LogP contribution in [0, 0.1) is 6.92 Å². The number of anilines is 1. The largest absolute Gasteiger partial charge is 0.339 e. The van der Waals surface area contributed by atoms with Crippen LogP contribution < -0.4 is 5.32 Å². The van der Waals surface area contributed by atoms with E-state index in [0.29, 0.717) is 24.0 Å². The summed E-state index contributed by atoms with van der Waals surface area (Å²) >= 11 is 1.57. The Bertz CT molecular complexity index is 750. The Morgan fingerprint density at radius 1 is 1.36 bits per heavy atom. The molecule has 7 heteroatoms. The zero-order valence-electron chi connectivity index (χ0n) is 11.9. The van der Waals surface area contributed by atoms with Crippen LogP contribution in [-0.2, 0) is 11.2 Å². The monoisotopic (exact) mass is 314 g/mol. The number of aromatic nitrogens is 3. The van der Waals surface area contributed by atoms with Crippen LogP contribution in [0.4, 0.5) is 5.82 Å². The Hall–Kier alpha value is -2.54. The first kappa shape index (κ1) is 14.4. The van der Waals surface area contributed by atoms with Crippen LogP contribution in [0.25, 0.3) is 11.4 Å². The molecule has 0 aliphatic rings. The van der Waals surface area contributed by atoms with Crippen molar-refractivity contribution < 1.29 is 9.32 Å². The number of hydrogen-bond donors (Lipinski definition) is 1. The summed E-state index contributed by atoms with van der Waals surface area (Å²) in [5.41, 5.74) is 1.97. The summed E-state index contributed by atoms with van der Waals surface area (Å²) < 4.78 is 5.15. The van der Waals surface area contributed by atoms with Gasteiger partial charge in [0.25, 0.3) is 0 Å². The molecule has 0 radical (unpaired) electrons. The number of carbonyl (C=O) groups is 1. The predicted molar refractivity (Wildman–Crippen MR) is 83.5 cm³/mol. The summed E-state index contributed by atoms with van der Waals surface area (Å²) in [6, 6.07) is 5.59.